The number of benzene rings is 2. The van der Waals surface area contributed by atoms with Crippen molar-refractivity contribution in [3.8, 4) is 11.4 Å². The van der Waals surface area contributed by atoms with Crippen LogP contribution in [0.3, 0.4) is 0 Å². The largest absolute Gasteiger partial charge is 0.416 e. The molecule has 0 aliphatic rings. The summed E-state index contributed by atoms with van der Waals surface area (Å²) in [6.07, 6.45) is -3.02. The number of amides is 2. The Bertz CT molecular complexity index is 1020. The van der Waals surface area contributed by atoms with E-state index in [-0.39, 0.29) is 6.03 Å². The maximum Gasteiger partial charge on any atom is 0.416 e. The quantitative estimate of drug-likeness (QED) is 0.723. The first-order chi connectivity index (χ1) is 12.7. The summed E-state index contributed by atoms with van der Waals surface area (Å²) in [4.78, 5) is 21.8. The lowest BCUT2D eigenvalue weighted by Crippen LogP contribution is -2.35. The van der Waals surface area contributed by atoms with Crippen molar-refractivity contribution in [1.29, 1.82) is 0 Å². The minimum absolute atomic E-state index is 0.242. The zero-order valence-corrected chi connectivity index (χ0v) is 14.9. The predicted molar refractivity (Wildman–Crippen MR) is 97.6 cm³/mol. The highest BCUT2D eigenvalue weighted by molar-refractivity contribution is 5.92. The Balaban J connectivity index is 1.98. The Labute approximate surface area is 153 Å². The van der Waals surface area contributed by atoms with Crippen LogP contribution in [0, 0.1) is 6.92 Å². The van der Waals surface area contributed by atoms with Crippen molar-refractivity contribution >= 4 is 22.6 Å². The molecule has 1 aromatic heterocycles. The van der Waals surface area contributed by atoms with E-state index in [9.17, 15) is 18.0 Å². The number of alkyl halides is 3. The fourth-order valence-electron chi connectivity index (χ4n) is 2.80. The molecule has 0 radical (unpaired) electrons. The molecule has 27 heavy (non-hydrogen) atoms. The molecule has 5 nitrogen and oxygen atoms in total. The molecule has 1 heterocycles. The highest BCUT2D eigenvalue weighted by Gasteiger charge is 2.30. The number of rotatable bonds is 2. The van der Waals surface area contributed by atoms with Gasteiger partial charge in [0.1, 0.15) is 0 Å². The predicted octanol–water partition coefficient (Wildman–Crippen LogP) is 4.40. The number of nitrogens with one attached hydrogen (secondary N) is 1. The van der Waals surface area contributed by atoms with Gasteiger partial charge in [0, 0.05) is 36.9 Å². The van der Waals surface area contributed by atoms with Gasteiger partial charge in [-0.2, -0.15) is 13.2 Å². The third kappa shape index (κ3) is 3.69. The molecule has 8 heteroatoms. The smallest absolute Gasteiger partial charge is 0.341 e. The van der Waals surface area contributed by atoms with Gasteiger partial charge in [0.2, 0.25) is 0 Å². The van der Waals surface area contributed by atoms with Crippen molar-refractivity contribution < 1.29 is 18.0 Å². The maximum atomic E-state index is 12.8. The molecule has 2 amide bonds. The minimum Gasteiger partial charge on any atom is -0.341 e. The number of urea groups is 1. The fourth-order valence-corrected chi connectivity index (χ4v) is 2.80. The first-order valence-corrected chi connectivity index (χ1v) is 8.11. The molecule has 0 aliphatic heterocycles. The van der Waals surface area contributed by atoms with Gasteiger partial charge in [-0.15, -0.1) is 0 Å². The van der Waals surface area contributed by atoms with Crippen LogP contribution in [0.25, 0.3) is 22.3 Å². The third-order valence-electron chi connectivity index (χ3n) is 4.24. The van der Waals surface area contributed by atoms with Gasteiger partial charge in [-0.25, -0.2) is 14.8 Å². The van der Waals surface area contributed by atoms with E-state index in [2.05, 4.69) is 15.3 Å². The summed E-state index contributed by atoms with van der Waals surface area (Å²) < 4.78 is 38.5. The van der Waals surface area contributed by atoms with E-state index in [0.717, 1.165) is 23.4 Å². The number of fused-ring (bicyclic) bond motifs is 1. The fraction of sp³-hybridized carbons (Fsp3) is 0.211. The Morgan fingerprint density at radius 3 is 2.52 bits per heavy atom. The van der Waals surface area contributed by atoms with E-state index in [1.165, 1.54) is 17.2 Å². The number of halogens is 3. The number of carbonyl (C=O) groups is 1. The number of hydrogen-bond donors (Lipinski definition) is 1. The molecule has 1 N–H and O–H groups in total. The molecule has 140 valence electrons. The topological polar surface area (TPSA) is 58.1 Å². The van der Waals surface area contributed by atoms with Crippen LogP contribution >= 0.6 is 0 Å². The molecule has 0 fully saturated rings. The Hall–Kier alpha value is -3.16. The molecule has 3 aromatic rings. The second-order valence-electron chi connectivity index (χ2n) is 6.08. The van der Waals surface area contributed by atoms with Crippen LogP contribution in [0.4, 0.5) is 23.7 Å². The Morgan fingerprint density at radius 2 is 1.89 bits per heavy atom. The first-order valence-electron chi connectivity index (χ1n) is 8.11. The van der Waals surface area contributed by atoms with E-state index in [1.54, 1.807) is 26.2 Å². The van der Waals surface area contributed by atoms with E-state index in [0.29, 0.717) is 22.3 Å². The number of anilines is 1. The van der Waals surface area contributed by atoms with E-state index < -0.39 is 11.7 Å². The van der Waals surface area contributed by atoms with E-state index in [1.807, 2.05) is 13.0 Å². The van der Waals surface area contributed by atoms with Crippen molar-refractivity contribution in [2.24, 2.45) is 0 Å². The Kier molecular flexibility index (Phi) is 4.73. The molecule has 0 bridgehead atoms. The molecule has 0 spiro atoms. The summed E-state index contributed by atoms with van der Waals surface area (Å²) in [5.74, 6) is 0.402. The zero-order chi connectivity index (χ0) is 19.8. The summed E-state index contributed by atoms with van der Waals surface area (Å²) in [6, 6.07) is 8.52. The summed E-state index contributed by atoms with van der Waals surface area (Å²) in [6.45, 7) is 1.86. The molecule has 0 saturated heterocycles. The van der Waals surface area contributed by atoms with Gasteiger partial charge in [-0.3, -0.25) is 4.90 Å². The van der Waals surface area contributed by atoms with E-state index in [4.69, 9.17) is 0 Å². The SMILES string of the molecule is CNC(=O)N(C)c1ccc(-c2ncc3cc(C(F)(F)F)ccc3n2)cc1C. The molecule has 0 atom stereocenters. The van der Waals surface area contributed by atoms with Crippen LogP contribution < -0.4 is 10.2 Å². The highest BCUT2D eigenvalue weighted by Crippen LogP contribution is 2.31. The monoisotopic (exact) mass is 374 g/mol. The lowest BCUT2D eigenvalue weighted by atomic mass is 10.1. The van der Waals surface area contributed by atoms with Crippen LogP contribution in [-0.4, -0.2) is 30.1 Å². The summed E-state index contributed by atoms with van der Waals surface area (Å²) in [5.41, 5.74) is 1.98. The van der Waals surface area contributed by atoms with Crippen LogP contribution in [0.15, 0.2) is 42.6 Å². The molecular formula is C19H17F3N4O. The Morgan fingerprint density at radius 1 is 1.15 bits per heavy atom. The average molecular weight is 374 g/mol. The van der Waals surface area contributed by atoms with Crippen LogP contribution in [0.2, 0.25) is 0 Å². The van der Waals surface area contributed by atoms with Gasteiger partial charge in [0.25, 0.3) is 0 Å². The molecule has 3 rings (SSSR count). The molecule has 2 aromatic carbocycles. The standard InChI is InChI=1S/C19H17F3N4O/c1-11-8-12(4-7-16(11)26(3)18(27)23-2)17-24-10-13-9-14(19(20,21)22)5-6-15(13)25-17/h4-10H,1-3H3,(H,23,27). The van der Waals surface area contributed by atoms with Gasteiger partial charge in [-0.05, 0) is 48.9 Å². The number of hydrogen-bond acceptors (Lipinski definition) is 3. The number of aryl methyl sites for hydroxylation is 1. The van der Waals surface area contributed by atoms with Crippen LogP contribution in [-0.2, 0) is 6.18 Å². The maximum absolute atomic E-state index is 12.8. The molecular weight excluding hydrogens is 357 g/mol. The van der Waals surface area contributed by atoms with Crippen molar-refractivity contribution in [3.63, 3.8) is 0 Å². The van der Waals surface area contributed by atoms with Crippen molar-refractivity contribution in [1.82, 2.24) is 15.3 Å². The first kappa shape index (κ1) is 18.6. The van der Waals surface area contributed by atoms with Crippen LogP contribution in [0.5, 0.6) is 0 Å². The van der Waals surface area contributed by atoms with Gasteiger partial charge < -0.3 is 5.32 Å². The van der Waals surface area contributed by atoms with Gasteiger partial charge in [-0.1, -0.05) is 0 Å². The van der Waals surface area contributed by atoms with Crippen molar-refractivity contribution in [3.05, 3.63) is 53.7 Å². The molecule has 0 saturated carbocycles. The highest BCUT2D eigenvalue weighted by atomic mass is 19.4. The number of carbonyl (C=O) groups excluding carboxylic acids is 1. The number of nitrogens with zero attached hydrogens (tertiary/aromatic N) is 3. The normalized spacial score (nSPS) is 11.5. The summed E-state index contributed by atoms with van der Waals surface area (Å²) >= 11 is 0. The third-order valence-corrected chi connectivity index (χ3v) is 4.24. The lowest BCUT2D eigenvalue weighted by molar-refractivity contribution is -0.137. The number of aromatic nitrogens is 2. The molecule has 0 aliphatic carbocycles. The van der Waals surface area contributed by atoms with Gasteiger partial charge >= 0.3 is 12.2 Å². The van der Waals surface area contributed by atoms with E-state index >= 15 is 0 Å². The van der Waals surface area contributed by atoms with Gasteiger partial charge in [0.05, 0.1) is 11.1 Å². The van der Waals surface area contributed by atoms with Crippen molar-refractivity contribution in [2.45, 2.75) is 13.1 Å². The second-order valence-corrected chi connectivity index (χ2v) is 6.08. The van der Waals surface area contributed by atoms with Crippen molar-refractivity contribution in [2.75, 3.05) is 19.0 Å². The van der Waals surface area contributed by atoms with Crippen LogP contribution in [0.1, 0.15) is 11.1 Å². The zero-order valence-electron chi connectivity index (χ0n) is 14.9. The van der Waals surface area contributed by atoms with Gasteiger partial charge in [0.15, 0.2) is 5.82 Å². The summed E-state index contributed by atoms with van der Waals surface area (Å²) in [7, 11) is 3.21. The lowest BCUT2D eigenvalue weighted by Gasteiger charge is -2.19. The molecule has 0 unspecified atom stereocenters. The minimum atomic E-state index is -4.41. The second kappa shape index (κ2) is 6.86. The summed E-state index contributed by atoms with van der Waals surface area (Å²) in [5, 5.41) is 2.87. The average Bonchev–Trinajstić information content (AvgIpc) is 2.65.